The fourth-order valence-electron chi connectivity index (χ4n) is 1.60. The first-order valence-corrected chi connectivity index (χ1v) is 5.34. The molecule has 0 spiro atoms. The van der Waals surface area contributed by atoms with Crippen LogP contribution in [0.2, 0.25) is 0 Å². The van der Waals surface area contributed by atoms with Crippen LogP contribution < -0.4 is 0 Å². The van der Waals surface area contributed by atoms with Crippen LogP contribution in [0.15, 0.2) is 12.2 Å². The summed E-state index contributed by atoms with van der Waals surface area (Å²) in [7, 11) is 1.96. The molecule has 17 heavy (non-hydrogen) atoms. The lowest BCUT2D eigenvalue weighted by atomic mass is 9.97. The van der Waals surface area contributed by atoms with E-state index < -0.39 is 17.9 Å². The lowest BCUT2D eigenvalue weighted by Gasteiger charge is -2.26. The summed E-state index contributed by atoms with van der Waals surface area (Å²) in [5, 5.41) is 8.29. The van der Waals surface area contributed by atoms with Crippen molar-refractivity contribution in [3.05, 3.63) is 12.2 Å². The number of esters is 2. The summed E-state index contributed by atoms with van der Waals surface area (Å²) in [6, 6.07) is 0. The number of hydrogen-bond donors (Lipinski definition) is 1. The maximum atomic E-state index is 11.5. The highest BCUT2D eigenvalue weighted by atomic mass is 16.6. The van der Waals surface area contributed by atoms with Crippen LogP contribution in [0.5, 0.6) is 0 Å². The van der Waals surface area contributed by atoms with Crippen molar-refractivity contribution in [1.82, 2.24) is 4.90 Å². The van der Waals surface area contributed by atoms with Gasteiger partial charge in [0.05, 0.1) is 5.92 Å². The van der Waals surface area contributed by atoms with Crippen molar-refractivity contribution in [1.29, 1.82) is 0 Å². The van der Waals surface area contributed by atoms with Gasteiger partial charge < -0.3 is 14.7 Å². The fourth-order valence-corrected chi connectivity index (χ4v) is 1.60. The standard InChI is InChI=1S/C11H15NO5/c1-12-6-4-8(5-7-12)11(16)17-10(15)3-2-9(13)14/h2-3,8H,4-7H2,1H3,(H,13,14)/b3-2+. The van der Waals surface area contributed by atoms with E-state index in [4.69, 9.17) is 5.11 Å². The van der Waals surface area contributed by atoms with Gasteiger partial charge in [-0.2, -0.15) is 0 Å². The molecule has 0 aliphatic carbocycles. The van der Waals surface area contributed by atoms with E-state index in [0.29, 0.717) is 18.9 Å². The summed E-state index contributed by atoms with van der Waals surface area (Å²) in [6.07, 6.45) is 2.69. The molecule has 1 fully saturated rings. The molecule has 0 aromatic rings. The monoisotopic (exact) mass is 241 g/mol. The van der Waals surface area contributed by atoms with Crippen molar-refractivity contribution in [2.45, 2.75) is 12.8 Å². The maximum Gasteiger partial charge on any atom is 0.338 e. The number of piperidine rings is 1. The van der Waals surface area contributed by atoms with Crippen LogP contribution in [0, 0.1) is 5.92 Å². The van der Waals surface area contributed by atoms with Crippen LogP contribution in [0.1, 0.15) is 12.8 Å². The molecular formula is C11H15NO5. The molecule has 6 nitrogen and oxygen atoms in total. The Labute approximate surface area is 98.8 Å². The van der Waals surface area contributed by atoms with Crippen LogP contribution in [0.4, 0.5) is 0 Å². The van der Waals surface area contributed by atoms with E-state index in [0.717, 1.165) is 19.2 Å². The van der Waals surface area contributed by atoms with Crippen LogP contribution in [-0.2, 0) is 19.1 Å². The molecule has 6 heteroatoms. The van der Waals surface area contributed by atoms with Gasteiger partial charge in [0.25, 0.3) is 0 Å². The van der Waals surface area contributed by atoms with E-state index in [1.807, 2.05) is 7.05 Å². The first-order valence-electron chi connectivity index (χ1n) is 5.34. The van der Waals surface area contributed by atoms with E-state index in [-0.39, 0.29) is 5.92 Å². The predicted molar refractivity (Wildman–Crippen MR) is 58.1 cm³/mol. The third kappa shape index (κ3) is 4.78. The van der Waals surface area contributed by atoms with Crippen LogP contribution >= 0.6 is 0 Å². The first-order chi connectivity index (χ1) is 7.99. The highest BCUT2D eigenvalue weighted by molar-refractivity contribution is 5.96. The predicted octanol–water partition coefficient (Wildman–Crippen LogP) is 0.0388. The van der Waals surface area contributed by atoms with Crippen LogP contribution in [-0.4, -0.2) is 48.1 Å². The molecule has 0 amide bonds. The van der Waals surface area contributed by atoms with Gasteiger partial charge in [-0.1, -0.05) is 0 Å². The normalized spacial score (nSPS) is 18.2. The number of carboxylic acid groups (broad SMARTS) is 1. The third-order valence-corrected chi connectivity index (χ3v) is 2.62. The topological polar surface area (TPSA) is 83.9 Å². The maximum absolute atomic E-state index is 11.5. The lowest BCUT2D eigenvalue weighted by molar-refractivity contribution is -0.160. The minimum atomic E-state index is -1.26. The van der Waals surface area contributed by atoms with Crippen molar-refractivity contribution >= 4 is 17.9 Å². The Kier molecular flexibility index (Phi) is 4.84. The number of carbonyl (C=O) groups excluding carboxylic acids is 2. The average Bonchev–Trinajstić information content (AvgIpc) is 2.27. The summed E-state index contributed by atoms with van der Waals surface area (Å²) in [4.78, 5) is 34.8. The lowest BCUT2D eigenvalue weighted by Crippen LogP contribution is -2.34. The second kappa shape index (κ2) is 6.15. The van der Waals surface area contributed by atoms with Gasteiger partial charge in [0.15, 0.2) is 0 Å². The minimum absolute atomic E-state index is 0.270. The molecule has 1 heterocycles. The molecule has 0 aromatic heterocycles. The molecule has 0 bridgehead atoms. The van der Waals surface area contributed by atoms with E-state index >= 15 is 0 Å². The molecule has 0 saturated carbocycles. The molecular weight excluding hydrogens is 226 g/mol. The second-order valence-electron chi connectivity index (χ2n) is 3.99. The quantitative estimate of drug-likeness (QED) is 0.426. The van der Waals surface area contributed by atoms with Gasteiger partial charge in [-0.15, -0.1) is 0 Å². The largest absolute Gasteiger partial charge is 0.478 e. The van der Waals surface area contributed by atoms with Gasteiger partial charge in [-0.25, -0.2) is 9.59 Å². The molecule has 0 atom stereocenters. The Balaban J connectivity index is 2.38. The SMILES string of the molecule is CN1CCC(C(=O)OC(=O)/C=C/C(=O)O)CC1. The number of hydrogen-bond acceptors (Lipinski definition) is 5. The van der Waals surface area contributed by atoms with E-state index in [1.165, 1.54) is 0 Å². The van der Waals surface area contributed by atoms with Crippen LogP contribution in [0.3, 0.4) is 0 Å². The van der Waals surface area contributed by atoms with E-state index in [2.05, 4.69) is 9.64 Å². The number of nitrogens with zero attached hydrogens (tertiary/aromatic N) is 1. The van der Waals surface area contributed by atoms with Crippen molar-refractivity contribution in [3.8, 4) is 0 Å². The molecule has 1 aliphatic rings. The van der Waals surface area contributed by atoms with Crippen molar-refractivity contribution in [2.24, 2.45) is 5.92 Å². The number of rotatable bonds is 3. The highest BCUT2D eigenvalue weighted by Gasteiger charge is 2.25. The van der Waals surface area contributed by atoms with E-state index in [9.17, 15) is 14.4 Å². The van der Waals surface area contributed by atoms with Crippen molar-refractivity contribution < 1.29 is 24.2 Å². The number of carbonyl (C=O) groups is 3. The molecule has 1 rings (SSSR count). The molecule has 1 saturated heterocycles. The molecule has 1 N–H and O–H groups in total. The number of ether oxygens (including phenoxy) is 1. The zero-order valence-electron chi connectivity index (χ0n) is 9.59. The molecule has 0 radical (unpaired) electrons. The van der Waals surface area contributed by atoms with Gasteiger partial charge in [0.1, 0.15) is 0 Å². The Hall–Kier alpha value is -1.69. The van der Waals surface area contributed by atoms with Gasteiger partial charge in [0.2, 0.25) is 0 Å². The van der Waals surface area contributed by atoms with Gasteiger partial charge >= 0.3 is 17.9 Å². The zero-order valence-corrected chi connectivity index (χ0v) is 9.59. The van der Waals surface area contributed by atoms with Gasteiger partial charge in [-0.05, 0) is 33.0 Å². The highest BCUT2D eigenvalue weighted by Crippen LogP contribution is 2.17. The Morgan fingerprint density at radius 2 is 1.82 bits per heavy atom. The first kappa shape index (κ1) is 13.4. The zero-order chi connectivity index (χ0) is 12.8. The van der Waals surface area contributed by atoms with E-state index in [1.54, 1.807) is 0 Å². The summed E-state index contributed by atoms with van der Waals surface area (Å²) in [5.41, 5.74) is 0. The Morgan fingerprint density at radius 3 is 2.35 bits per heavy atom. The number of likely N-dealkylation sites (tertiary alicyclic amines) is 1. The Bertz CT molecular complexity index is 342. The van der Waals surface area contributed by atoms with Crippen LogP contribution in [0.25, 0.3) is 0 Å². The van der Waals surface area contributed by atoms with Crippen molar-refractivity contribution in [3.63, 3.8) is 0 Å². The van der Waals surface area contributed by atoms with Crippen molar-refractivity contribution in [2.75, 3.05) is 20.1 Å². The molecule has 1 aliphatic heterocycles. The summed E-state index contributed by atoms with van der Waals surface area (Å²) >= 11 is 0. The summed E-state index contributed by atoms with van der Waals surface area (Å²) in [6.45, 7) is 1.58. The smallest absolute Gasteiger partial charge is 0.338 e. The Morgan fingerprint density at radius 1 is 1.24 bits per heavy atom. The molecule has 94 valence electrons. The number of aliphatic carboxylic acids is 1. The fraction of sp³-hybridized carbons (Fsp3) is 0.545. The summed E-state index contributed by atoms with van der Waals surface area (Å²) in [5.74, 6) is -3.03. The molecule has 0 aromatic carbocycles. The average molecular weight is 241 g/mol. The van der Waals surface area contributed by atoms with Gasteiger partial charge in [0, 0.05) is 12.2 Å². The number of carboxylic acids is 1. The third-order valence-electron chi connectivity index (χ3n) is 2.62. The molecule has 0 unspecified atom stereocenters. The summed E-state index contributed by atoms with van der Waals surface area (Å²) < 4.78 is 4.53. The van der Waals surface area contributed by atoms with Gasteiger partial charge in [-0.3, -0.25) is 4.79 Å². The minimum Gasteiger partial charge on any atom is -0.478 e. The second-order valence-corrected chi connectivity index (χ2v) is 3.99.